The highest BCUT2D eigenvalue weighted by Gasteiger charge is 2.17. The second-order valence-electron chi connectivity index (χ2n) is 10.7. The molecule has 0 bridgehead atoms. The molecule has 6 aromatic rings. The third-order valence-electron chi connectivity index (χ3n) is 7.17. The number of aromatic nitrogens is 1. The molecule has 0 unspecified atom stereocenters. The highest BCUT2D eigenvalue weighted by Crippen LogP contribution is 2.35. The summed E-state index contributed by atoms with van der Waals surface area (Å²) in [5, 5.41) is 2.60. The molecule has 0 spiro atoms. The molecule has 0 fully saturated rings. The van der Waals surface area contributed by atoms with Gasteiger partial charge in [0, 0.05) is 16.5 Å². The van der Waals surface area contributed by atoms with Crippen LogP contribution in [-0.4, -0.2) is 4.57 Å². The molecule has 0 saturated heterocycles. The molecule has 37 heavy (non-hydrogen) atoms. The van der Waals surface area contributed by atoms with E-state index in [1.54, 1.807) is 0 Å². The van der Waals surface area contributed by atoms with E-state index in [-0.39, 0.29) is 5.41 Å². The molecule has 1 heterocycles. The van der Waals surface area contributed by atoms with Crippen LogP contribution in [-0.2, 0) is 5.41 Å². The Kier molecular flexibility index (Phi) is 5.77. The zero-order valence-corrected chi connectivity index (χ0v) is 21.6. The first-order valence-electron chi connectivity index (χ1n) is 13.0. The van der Waals surface area contributed by atoms with Crippen LogP contribution in [0.3, 0.4) is 0 Å². The van der Waals surface area contributed by atoms with E-state index >= 15 is 0 Å². The van der Waals surface area contributed by atoms with E-state index in [1.807, 2.05) is 0 Å². The van der Waals surface area contributed by atoms with Crippen LogP contribution >= 0.6 is 0 Å². The van der Waals surface area contributed by atoms with E-state index in [0.29, 0.717) is 0 Å². The van der Waals surface area contributed by atoms with Crippen LogP contribution in [0.1, 0.15) is 43.0 Å². The van der Waals surface area contributed by atoms with Crippen molar-refractivity contribution in [1.82, 2.24) is 4.57 Å². The van der Waals surface area contributed by atoms with Crippen LogP contribution in [0.4, 0.5) is 0 Å². The largest absolute Gasteiger partial charge is 0.309 e. The van der Waals surface area contributed by atoms with Gasteiger partial charge in [0.15, 0.2) is 0 Å². The number of para-hydroxylation sites is 1. The predicted molar refractivity (Wildman–Crippen MR) is 159 cm³/mol. The highest BCUT2D eigenvalue weighted by molar-refractivity contribution is 6.09. The van der Waals surface area contributed by atoms with Crippen LogP contribution in [0.15, 0.2) is 127 Å². The molecular weight excluding hydrogens is 446 g/mol. The molecule has 5 aromatic carbocycles. The van der Waals surface area contributed by atoms with Gasteiger partial charge in [0.25, 0.3) is 0 Å². The SMILES string of the molecule is CC(C)(C)c1ccc2c(c1)c1ccccc1n2-c1ccc(C=C(c2ccccc2)c2ccccc2)cc1. The minimum atomic E-state index is 0.112. The van der Waals surface area contributed by atoms with E-state index < -0.39 is 0 Å². The maximum absolute atomic E-state index is 2.39. The van der Waals surface area contributed by atoms with Crippen molar-refractivity contribution in [2.75, 3.05) is 0 Å². The summed E-state index contributed by atoms with van der Waals surface area (Å²) in [4.78, 5) is 0. The van der Waals surface area contributed by atoms with E-state index in [9.17, 15) is 0 Å². The lowest BCUT2D eigenvalue weighted by atomic mass is 9.86. The van der Waals surface area contributed by atoms with Crippen molar-refractivity contribution >= 4 is 33.5 Å². The van der Waals surface area contributed by atoms with Crippen molar-refractivity contribution < 1.29 is 0 Å². The van der Waals surface area contributed by atoms with Gasteiger partial charge in [0.2, 0.25) is 0 Å². The van der Waals surface area contributed by atoms with Gasteiger partial charge in [0.1, 0.15) is 0 Å². The summed E-state index contributed by atoms with van der Waals surface area (Å²) < 4.78 is 2.39. The normalized spacial score (nSPS) is 11.6. The van der Waals surface area contributed by atoms with Gasteiger partial charge in [0.05, 0.1) is 11.0 Å². The van der Waals surface area contributed by atoms with Gasteiger partial charge < -0.3 is 4.57 Å². The Labute approximate surface area is 219 Å². The second-order valence-corrected chi connectivity index (χ2v) is 10.7. The number of rotatable bonds is 4. The summed E-state index contributed by atoms with van der Waals surface area (Å²) in [6.07, 6.45) is 2.29. The second kappa shape index (κ2) is 9.26. The molecule has 0 aliphatic heterocycles. The molecule has 0 N–H and O–H groups in total. The predicted octanol–water partition coefficient (Wildman–Crippen LogP) is 9.67. The van der Waals surface area contributed by atoms with E-state index in [4.69, 9.17) is 0 Å². The lowest BCUT2D eigenvalue weighted by Crippen LogP contribution is -2.10. The van der Waals surface area contributed by atoms with Gasteiger partial charge in [-0.15, -0.1) is 0 Å². The third kappa shape index (κ3) is 4.38. The Morgan fingerprint density at radius 2 is 1.14 bits per heavy atom. The van der Waals surface area contributed by atoms with Gasteiger partial charge in [-0.3, -0.25) is 0 Å². The number of hydrogen-bond acceptors (Lipinski definition) is 0. The average Bonchev–Trinajstić information content (AvgIpc) is 3.26. The average molecular weight is 478 g/mol. The van der Waals surface area contributed by atoms with Crippen LogP contribution in [0, 0.1) is 0 Å². The maximum atomic E-state index is 2.39. The topological polar surface area (TPSA) is 4.93 Å². The zero-order chi connectivity index (χ0) is 25.4. The van der Waals surface area contributed by atoms with Crippen LogP contribution < -0.4 is 0 Å². The molecule has 6 rings (SSSR count). The van der Waals surface area contributed by atoms with Crippen LogP contribution in [0.5, 0.6) is 0 Å². The number of hydrogen-bond donors (Lipinski definition) is 0. The van der Waals surface area contributed by atoms with Crippen molar-refractivity contribution in [3.05, 3.63) is 150 Å². The Morgan fingerprint density at radius 1 is 0.568 bits per heavy atom. The number of benzene rings is 5. The summed E-state index contributed by atoms with van der Waals surface area (Å²) in [5.41, 5.74) is 9.96. The molecule has 0 radical (unpaired) electrons. The van der Waals surface area contributed by atoms with Gasteiger partial charge in [-0.05, 0) is 69.6 Å². The number of fused-ring (bicyclic) bond motifs is 3. The molecule has 0 aliphatic rings. The van der Waals surface area contributed by atoms with Crippen molar-refractivity contribution in [2.24, 2.45) is 0 Å². The van der Waals surface area contributed by atoms with Crippen LogP contribution in [0.2, 0.25) is 0 Å². The Morgan fingerprint density at radius 3 is 1.76 bits per heavy atom. The van der Waals surface area contributed by atoms with Crippen molar-refractivity contribution in [3.63, 3.8) is 0 Å². The minimum Gasteiger partial charge on any atom is -0.309 e. The molecule has 0 atom stereocenters. The summed E-state index contributed by atoms with van der Waals surface area (Å²) in [7, 11) is 0. The van der Waals surface area contributed by atoms with Crippen molar-refractivity contribution in [3.8, 4) is 5.69 Å². The molecule has 180 valence electrons. The van der Waals surface area contributed by atoms with Gasteiger partial charge >= 0.3 is 0 Å². The summed E-state index contributed by atoms with van der Waals surface area (Å²) >= 11 is 0. The summed E-state index contributed by atoms with van der Waals surface area (Å²) in [6, 6.07) is 45.8. The molecule has 0 aliphatic carbocycles. The van der Waals surface area contributed by atoms with Gasteiger partial charge in [-0.1, -0.05) is 118 Å². The first-order chi connectivity index (χ1) is 18.0. The lowest BCUT2D eigenvalue weighted by molar-refractivity contribution is 0.591. The standard InChI is InChI=1S/C36H31N/c1-36(2,3)29-20-23-35-33(25-29)31-16-10-11-17-34(31)37(35)30-21-18-26(19-22-30)24-32(27-12-6-4-7-13-27)28-14-8-5-9-15-28/h4-25H,1-3H3. The first-order valence-corrected chi connectivity index (χ1v) is 13.0. The molecule has 1 heteroatoms. The van der Waals surface area contributed by atoms with E-state index in [0.717, 1.165) is 0 Å². The molecule has 0 saturated carbocycles. The summed E-state index contributed by atoms with van der Waals surface area (Å²) in [5.74, 6) is 0. The third-order valence-corrected chi connectivity index (χ3v) is 7.17. The van der Waals surface area contributed by atoms with Crippen molar-refractivity contribution in [2.45, 2.75) is 26.2 Å². The van der Waals surface area contributed by atoms with Gasteiger partial charge in [-0.2, -0.15) is 0 Å². The first kappa shape index (κ1) is 23.1. The summed E-state index contributed by atoms with van der Waals surface area (Å²) in [6.45, 7) is 6.83. The fourth-order valence-electron chi connectivity index (χ4n) is 5.17. The fraction of sp³-hybridized carbons (Fsp3) is 0.111. The molecule has 1 nitrogen and oxygen atoms in total. The van der Waals surface area contributed by atoms with Crippen LogP contribution in [0.25, 0.3) is 39.1 Å². The Bertz CT molecular complexity index is 1670. The smallest absolute Gasteiger partial charge is 0.0541 e. The Hall–Kier alpha value is -4.36. The number of nitrogens with zero attached hydrogens (tertiary/aromatic N) is 1. The quantitative estimate of drug-likeness (QED) is 0.223. The monoisotopic (exact) mass is 477 g/mol. The lowest BCUT2D eigenvalue weighted by Gasteiger charge is -2.19. The molecule has 1 aromatic heterocycles. The maximum Gasteiger partial charge on any atom is 0.0541 e. The minimum absolute atomic E-state index is 0.112. The highest BCUT2D eigenvalue weighted by atomic mass is 15.0. The Balaban J connectivity index is 1.47. The molecular formula is C36H31N. The van der Waals surface area contributed by atoms with Crippen molar-refractivity contribution in [1.29, 1.82) is 0 Å². The fourth-order valence-corrected chi connectivity index (χ4v) is 5.17. The molecule has 0 amide bonds. The van der Waals surface area contributed by atoms with Gasteiger partial charge in [-0.25, -0.2) is 0 Å². The van der Waals surface area contributed by atoms with E-state index in [2.05, 4.69) is 159 Å². The van der Waals surface area contributed by atoms with E-state index in [1.165, 1.54) is 55.3 Å². The zero-order valence-electron chi connectivity index (χ0n) is 21.6.